The van der Waals surface area contributed by atoms with E-state index in [0.717, 1.165) is 0 Å². The molecule has 0 unspecified atom stereocenters. The molecule has 1 saturated heterocycles. The van der Waals surface area contributed by atoms with E-state index in [1.54, 1.807) is 18.2 Å². The molecule has 0 radical (unpaired) electrons. The molecule has 0 aliphatic carbocycles. The van der Waals surface area contributed by atoms with Crippen LogP contribution in [0.1, 0.15) is 18.4 Å². The maximum Gasteiger partial charge on any atom is 0.449 e. The fourth-order valence-electron chi connectivity index (χ4n) is 3.30. The summed E-state index contributed by atoms with van der Waals surface area (Å²) in [6.45, 7) is 1.95. The lowest BCUT2D eigenvalue weighted by molar-refractivity contribution is -0.144. The van der Waals surface area contributed by atoms with Crippen molar-refractivity contribution < 1.29 is 32.2 Å². The number of ether oxygens (including phenoxy) is 2. The minimum absolute atomic E-state index is 0.165. The number of alkyl halides is 3. The molecule has 2 aromatic rings. The molecule has 154 valence electrons. The number of aromatic nitrogens is 2. The second-order valence-electron chi connectivity index (χ2n) is 6.74. The molecule has 1 atom stereocenters. The molecule has 0 spiro atoms. The summed E-state index contributed by atoms with van der Waals surface area (Å²) in [4.78, 5) is 30.6. The van der Waals surface area contributed by atoms with Gasteiger partial charge >= 0.3 is 12.3 Å². The minimum Gasteiger partial charge on any atom is -0.492 e. The summed E-state index contributed by atoms with van der Waals surface area (Å²) in [7, 11) is 0. The maximum absolute atomic E-state index is 13.0. The van der Waals surface area contributed by atoms with Crippen LogP contribution in [0.15, 0.2) is 18.2 Å². The van der Waals surface area contributed by atoms with E-state index in [1.807, 2.05) is 0 Å². The van der Waals surface area contributed by atoms with Crippen LogP contribution in [0.4, 0.5) is 23.7 Å². The van der Waals surface area contributed by atoms with E-state index in [1.165, 1.54) is 11.8 Å². The van der Waals surface area contributed by atoms with Gasteiger partial charge in [-0.15, -0.1) is 0 Å². The molecule has 3 heterocycles. The van der Waals surface area contributed by atoms with Crippen LogP contribution in [0.2, 0.25) is 0 Å². The lowest BCUT2D eigenvalue weighted by Crippen LogP contribution is -2.33. The van der Waals surface area contributed by atoms with Crippen LogP contribution in [-0.4, -0.2) is 47.8 Å². The molecular formula is C18H17F3N4O4. The Bertz CT molecular complexity index is 973. The summed E-state index contributed by atoms with van der Waals surface area (Å²) >= 11 is 0. The van der Waals surface area contributed by atoms with Crippen LogP contribution in [-0.2, 0) is 22.1 Å². The van der Waals surface area contributed by atoms with Crippen LogP contribution in [0.5, 0.6) is 5.75 Å². The number of halogens is 3. The Morgan fingerprint density at radius 1 is 1.41 bits per heavy atom. The Labute approximate surface area is 163 Å². The SMILES string of the molecule is CC(=O)NC[C@H]1CN(c2ccc3c(c2)OCCc2[nH]c(C(F)(F)F)nc2-3)C(=O)O1. The number of fused-ring (bicyclic) bond motifs is 3. The number of carbonyl (C=O) groups excluding carboxylic acids is 2. The summed E-state index contributed by atoms with van der Waals surface area (Å²) in [5, 5.41) is 2.59. The van der Waals surface area contributed by atoms with Gasteiger partial charge in [0, 0.05) is 30.7 Å². The zero-order valence-corrected chi connectivity index (χ0v) is 15.3. The number of cyclic esters (lactones) is 1. The highest BCUT2D eigenvalue weighted by atomic mass is 19.4. The Kier molecular flexibility index (Phi) is 4.59. The first-order chi connectivity index (χ1) is 13.7. The van der Waals surface area contributed by atoms with Crippen LogP contribution < -0.4 is 15.0 Å². The van der Waals surface area contributed by atoms with E-state index in [9.17, 15) is 22.8 Å². The molecule has 1 aromatic carbocycles. The molecule has 11 heteroatoms. The van der Waals surface area contributed by atoms with Crippen molar-refractivity contribution in [2.24, 2.45) is 0 Å². The van der Waals surface area contributed by atoms with Gasteiger partial charge in [0.1, 0.15) is 11.9 Å². The topological polar surface area (TPSA) is 96.5 Å². The van der Waals surface area contributed by atoms with Crippen molar-refractivity contribution in [3.05, 3.63) is 29.7 Å². The third-order valence-corrected chi connectivity index (χ3v) is 4.64. The molecule has 2 N–H and O–H groups in total. The van der Waals surface area contributed by atoms with E-state index in [4.69, 9.17) is 9.47 Å². The first-order valence-corrected chi connectivity index (χ1v) is 8.88. The van der Waals surface area contributed by atoms with Gasteiger partial charge in [-0.25, -0.2) is 9.78 Å². The zero-order valence-electron chi connectivity index (χ0n) is 15.3. The Hall–Kier alpha value is -3.24. The minimum atomic E-state index is -4.57. The number of H-pyrrole nitrogens is 1. The highest BCUT2D eigenvalue weighted by molar-refractivity contribution is 5.91. The van der Waals surface area contributed by atoms with Gasteiger partial charge in [-0.1, -0.05) is 0 Å². The number of hydrogen-bond donors (Lipinski definition) is 2. The third-order valence-electron chi connectivity index (χ3n) is 4.64. The van der Waals surface area contributed by atoms with Gasteiger partial charge in [0.25, 0.3) is 0 Å². The van der Waals surface area contributed by atoms with Gasteiger partial charge in [0.05, 0.1) is 31.1 Å². The van der Waals surface area contributed by atoms with Gasteiger partial charge in [0.15, 0.2) is 0 Å². The number of amides is 2. The lowest BCUT2D eigenvalue weighted by Gasteiger charge is -2.16. The summed E-state index contributed by atoms with van der Waals surface area (Å²) in [5.74, 6) is -0.950. The maximum atomic E-state index is 13.0. The number of anilines is 1. The molecule has 1 fully saturated rings. The van der Waals surface area contributed by atoms with Gasteiger partial charge in [-0.2, -0.15) is 13.2 Å². The van der Waals surface area contributed by atoms with Gasteiger partial charge < -0.3 is 19.8 Å². The summed E-state index contributed by atoms with van der Waals surface area (Å²) in [6.07, 6.45) is -5.41. The predicted molar refractivity (Wildman–Crippen MR) is 94.5 cm³/mol. The third kappa shape index (κ3) is 3.71. The monoisotopic (exact) mass is 410 g/mol. The van der Waals surface area contributed by atoms with Crippen LogP contribution in [0, 0.1) is 0 Å². The quantitative estimate of drug-likeness (QED) is 0.811. The van der Waals surface area contributed by atoms with Crippen molar-refractivity contribution >= 4 is 17.7 Å². The summed E-state index contributed by atoms with van der Waals surface area (Å²) in [6, 6.07) is 4.75. The lowest BCUT2D eigenvalue weighted by atomic mass is 10.1. The molecule has 8 nitrogen and oxygen atoms in total. The van der Waals surface area contributed by atoms with Crippen molar-refractivity contribution in [3.8, 4) is 17.0 Å². The Morgan fingerprint density at radius 3 is 2.93 bits per heavy atom. The first kappa shape index (κ1) is 19.1. The molecule has 2 aliphatic heterocycles. The second-order valence-corrected chi connectivity index (χ2v) is 6.74. The number of rotatable bonds is 3. The standard InChI is InChI=1S/C18H17F3N4O4/c1-9(26)22-7-11-8-25(17(27)29-11)10-2-3-12-14(6-10)28-5-4-13-15(12)24-16(23-13)18(19,20)21/h2-3,6,11H,4-5,7-8H2,1H3,(H,22,26)(H,23,24)/t11-/m0/s1. The van der Waals surface area contributed by atoms with Crippen molar-refractivity contribution in [2.45, 2.75) is 25.6 Å². The van der Waals surface area contributed by atoms with Crippen molar-refractivity contribution in [3.63, 3.8) is 0 Å². The molecular weight excluding hydrogens is 393 g/mol. The van der Waals surface area contributed by atoms with Gasteiger partial charge in [-0.05, 0) is 12.1 Å². The van der Waals surface area contributed by atoms with Crippen LogP contribution in [0.3, 0.4) is 0 Å². The van der Waals surface area contributed by atoms with Crippen LogP contribution in [0.25, 0.3) is 11.3 Å². The number of benzene rings is 1. The molecule has 2 aliphatic rings. The van der Waals surface area contributed by atoms with E-state index < -0.39 is 24.2 Å². The smallest absolute Gasteiger partial charge is 0.449 e. The van der Waals surface area contributed by atoms with Gasteiger partial charge in [-0.3, -0.25) is 9.69 Å². The zero-order chi connectivity index (χ0) is 20.8. The molecule has 29 heavy (non-hydrogen) atoms. The highest BCUT2D eigenvalue weighted by Crippen LogP contribution is 2.39. The molecule has 2 amide bonds. The predicted octanol–water partition coefficient (Wildman–Crippen LogP) is 2.49. The number of imidazole rings is 1. The van der Waals surface area contributed by atoms with Gasteiger partial charge in [0.2, 0.25) is 11.7 Å². The normalized spacial score (nSPS) is 18.4. The second kappa shape index (κ2) is 6.98. The fraction of sp³-hybridized carbons (Fsp3) is 0.389. The van der Waals surface area contributed by atoms with E-state index >= 15 is 0 Å². The average molecular weight is 410 g/mol. The van der Waals surface area contributed by atoms with Crippen molar-refractivity contribution in [2.75, 3.05) is 24.6 Å². The average Bonchev–Trinajstić information content (AvgIpc) is 3.19. The molecule has 0 saturated carbocycles. The number of hydrogen-bond acceptors (Lipinski definition) is 5. The van der Waals surface area contributed by atoms with Crippen molar-refractivity contribution in [1.29, 1.82) is 0 Å². The Morgan fingerprint density at radius 2 is 2.21 bits per heavy atom. The van der Waals surface area contributed by atoms with E-state index in [0.29, 0.717) is 22.7 Å². The summed E-state index contributed by atoms with van der Waals surface area (Å²) < 4.78 is 49.9. The van der Waals surface area contributed by atoms with E-state index in [-0.39, 0.29) is 37.7 Å². The van der Waals surface area contributed by atoms with E-state index in [2.05, 4.69) is 15.3 Å². The molecule has 1 aromatic heterocycles. The molecule has 0 bridgehead atoms. The number of aromatic amines is 1. The molecule has 4 rings (SSSR count). The Balaban J connectivity index is 1.61. The number of carbonyl (C=O) groups is 2. The number of nitrogens with zero attached hydrogens (tertiary/aromatic N) is 2. The summed E-state index contributed by atoms with van der Waals surface area (Å²) in [5.41, 5.74) is 1.42. The highest BCUT2D eigenvalue weighted by Gasteiger charge is 2.37. The largest absolute Gasteiger partial charge is 0.492 e. The number of nitrogens with one attached hydrogen (secondary N) is 2. The first-order valence-electron chi connectivity index (χ1n) is 8.88. The fourth-order valence-corrected chi connectivity index (χ4v) is 3.30. The van der Waals surface area contributed by atoms with Crippen molar-refractivity contribution in [1.82, 2.24) is 15.3 Å². The van der Waals surface area contributed by atoms with Crippen LogP contribution >= 0.6 is 0 Å².